The minimum atomic E-state index is -0.962. The number of amides is 2. The highest BCUT2D eigenvalue weighted by molar-refractivity contribution is 5.89. The van der Waals surface area contributed by atoms with Crippen LogP contribution < -0.4 is 5.32 Å². The van der Waals surface area contributed by atoms with E-state index in [-0.39, 0.29) is 18.4 Å². The Balaban J connectivity index is 1.28. The number of hydrogen-bond acceptors (Lipinski definition) is 4. The van der Waals surface area contributed by atoms with Gasteiger partial charge in [0.2, 0.25) is 5.91 Å². The molecule has 0 aromatic heterocycles. The summed E-state index contributed by atoms with van der Waals surface area (Å²) in [4.78, 5) is 39.7. The molecular formula is C28H32N2O5. The number of hydrogen-bond donors (Lipinski definition) is 2. The third kappa shape index (κ3) is 4.17. The van der Waals surface area contributed by atoms with Crippen LogP contribution in [0.4, 0.5) is 4.79 Å². The van der Waals surface area contributed by atoms with E-state index < -0.39 is 29.6 Å². The third-order valence-corrected chi connectivity index (χ3v) is 8.13. The Labute approximate surface area is 205 Å². The number of ether oxygens (including phenoxy) is 1. The van der Waals surface area contributed by atoms with Gasteiger partial charge in [0.05, 0.1) is 5.41 Å². The number of benzene rings is 2. The van der Waals surface area contributed by atoms with Gasteiger partial charge in [-0.1, -0.05) is 61.4 Å². The Morgan fingerprint density at radius 2 is 1.66 bits per heavy atom. The van der Waals surface area contributed by atoms with Gasteiger partial charge in [0.1, 0.15) is 12.6 Å². The van der Waals surface area contributed by atoms with Crippen molar-refractivity contribution in [1.82, 2.24) is 10.2 Å². The van der Waals surface area contributed by atoms with Crippen molar-refractivity contribution in [2.75, 3.05) is 13.2 Å². The molecule has 1 saturated carbocycles. The maximum absolute atomic E-state index is 13.5. The van der Waals surface area contributed by atoms with Crippen LogP contribution in [0.15, 0.2) is 48.5 Å². The van der Waals surface area contributed by atoms with E-state index in [4.69, 9.17) is 4.74 Å². The molecule has 3 atom stereocenters. The largest absolute Gasteiger partial charge is 0.480 e. The molecule has 2 aliphatic carbocycles. The minimum Gasteiger partial charge on any atom is -0.480 e. The van der Waals surface area contributed by atoms with Crippen molar-refractivity contribution in [2.45, 2.75) is 63.5 Å². The number of aliphatic carboxylic acids is 1. The van der Waals surface area contributed by atoms with Gasteiger partial charge in [-0.2, -0.15) is 0 Å². The molecule has 3 aliphatic rings. The van der Waals surface area contributed by atoms with Crippen LogP contribution in [-0.4, -0.2) is 53.2 Å². The number of carbonyl (C=O) groups is 3. The molecule has 35 heavy (non-hydrogen) atoms. The first kappa shape index (κ1) is 23.4. The van der Waals surface area contributed by atoms with Gasteiger partial charge in [-0.15, -0.1) is 0 Å². The molecule has 1 saturated heterocycles. The molecule has 2 amide bonds. The second-order valence-electron chi connectivity index (χ2n) is 10.2. The third-order valence-electron chi connectivity index (χ3n) is 8.13. The predicted molar refractivity (Wildman–Crippen MR) is 131 cm³/mol. The summed E-state index contributed by atoms with van der Waals surface area (Å²) in [5.74, 6) is -1.17. The number of nitrogens with one attached hydrogen (secondary N) is 1. The van der Waals surface area contributed by atoms with E-state index in [1.807, 2.05) is 31.2 Å². The maximum Gasteiger partial charge on any atom is 0.407 e. The summed E-state index contributed by atoms with van der Waals surface area (Å²) in [6.07, 6.45) is 3.68. The molecule has 0 spiro atoms. The average molecular weight is 477 g/mol. The number of likely N-dealkylation sites (tertiary alicyclic amines) is 1. The van der Waals surface area contributed by atoms with E-state index in [1.165, 1.54) is 16.0 Å². The molecule has 2 N–H and O–H groups in total. The quantitative estimate of drug-likeness (QED) is 0.660. The Morgan fingerprint density at radius 3 is 2.31 bits per heavy atom. The van der Waals surface area contributed by atoms with Crippen LogP contribution >= 0.6 is 0 Å². The topological polar surface area (TPSA) is 95.9 Å². The summed E-state index contributed by atoms with van der Waals surface area (Å²) >= 11 is 0. The predicted octanol–water partition coefficient (Wildman–Crippen LogP) is 4.55. The van der Waals surface area contributed by atoms with Crippen LogP contribution in [-0.2, 0) is 14.3 Å². The van der Waals surface area contributed by atoms with Gasteiger partial charge < -0.3 is 20.1 Å². The molecule has 2 fully saturated rings. The molecule has 7 heteroatoms. The van der Waals surface area contributed by atoms with Crippen LogP contribution in [0.3, 0.4) is 0 Å². The van der Waals surface area contributed by atoms with E-state index in [1.54, 1.807) is 0 Å². The fraction of sp³-hybridized carbons (Fsp3) is 0.464. The lowest BCUT2D eigenvalue weighted by atomic mass is 9.70. The highest BCUT2D eigenvalue weighted by Gasteiger charge is 2.49. The van der Waals surface area contributed by atoms with E-state index in [2.05, 4.69) is 29.6 Å². The number of carbonyl (C=O) groups excluding carboxylic acids is 2. The van der Waals surface area contributed by atoms with Gasteiger partial charge in [0.25, 0.3) is 0 Å². The van der Waals surface area contributed by atoms with Crippen LogP contribution in [0, 0.1) is 5.41 Å². The molecule has 1 aliphatic heterocycles. The molecular weight excluding hydrogens is 444 g/mol. The van der Waals surface area contributed by atoms with Crippen LogP contribution in [0.2, 0.25) is 0 Å². The normalized spacial score (nSPS) is 25.6. The first-order valence-corrected chi connectivity index (χ1v) is 12.6. The Morgan fingerprint density at radius 1 is 1.00 bits per heavy atom. The second-order valence-corrected chi connectivity index (χ2v) is 10.2. The standard InChI is InChI=1S/C28H32N2O5/c1-28(26(33)30-16-8-13-23(30)25(31)32)15-7-6-14-24(28)29-27(34)35-17-22-20-11-4-2-9-18(20)19-10-3-5-12-21(19)22/h2-5,9-12,22-24H,6-8,13-17H2,1H3,(H,29,34)(H,31,32). The number of fused-ring (bicyclic) bond motifs is 3. The molecule has 0 bridgehead atoms. The number of alkyl carbamates (subject to hydrolysis) is 1. The highest BCUT2D eigenvalue weighted by Crippen LogP contribution is 2.44. The fourth-order valence-electron chi connectivity index (χ4n) is 6.20. The van der Waals surface area contributed by atoms with E-state index in [0.29, 0.717) is 32.2 Å². The number of carboxylic acids is 1. The molecule has 1 heterocycles. The lowest BCUT2D eigenvalue weighted by Gasteiger charge is -2.43. The zero-order valence-corrected chi connectivity index (χ0v) is 20.0. The molecule has 2 aromatic carbocycles. The zero-order valence-electron chi connectivity index (χ0n) is 20.0. The summed E-state index contributed by atoms with van der Waals surface area (Å²) < 4.78 is 5.73. The number of nitrogens with zero attached hydrogens (tertiary/aromatic N) is 1. The fourth-order valence-corrected chi connectivity index (χ4v) is 6.20. The molecule has 2 aromatic rings. The summed E-state index contributed by atoms with van der Waals surface area (Å²) in [5, 5.41) is 12.5. The van der Waals surface area contributed by atoms with E-state index in [0.717, 1.165) is 24.0 Å². The van der Waals surface area contributed by atoms with Crippen molar-refractivity contribution >= 4 is 18.0 Å². The first-order valence-electron chi connectivity index (χ1n) is 12.6. The van der Waals surface area contributed by atoms with Gasteiger partial charge in [0.15, 0.2) is 0 Å². The highest BCUT2D eigenvalue weighted by atomic mass is 16.5. The number of rotatable bonds is 5. The van der Waals surface area contributed by atoms with Gasteiger partial charge >= 0.3 is 12.1 Å². The minimum absolute atomic E-state index is 0.0338. The monoisotopic (exact) mass is 476 g/mol. The van der Waals surface area contributed by atoms with Crippen molar-refractivity contribution in [3.05, 3.63) is 59.7 Å². The van der Waals surface area contributed by atoms with E-state index in [9.17, 15) is 19.5 Å². The smallest absolute Gasteiger partial charge is 0.407 e. The van der Waals surface area contributed by atoms with Gasteiger partial charge in [-0.25, -0.2) is 9.59 Å². The maximum atomic E-state index is 13.5. The van der Waals surface area contributed by atoms with Crippen molar-refractivity contribution in [3.8, 4) is 11.1 Å². The van der Waals surface area contributed by atoms with Crippen molar-refractivity contribution in [1.29, 1.82) is 0 Å². The summed E-state index contributed by atoms with van der Waals surface area (Å²) in [7, 11) is 0. The summed E-state index contributed by atoms with van der Waals surface area (Å²) in [6.45, 7) is 2.52. The van der Waals surface area contributed by atoms with Crippen LogP contribution in [0.25, 0.3) is 11.1 Å². The van der Waals surface area contributed by atoms with Gasteiger partial charge in [-0.05, 0) is 54.9 Å². The van der Waals surface area contributed by atoms with Crippen LogP contribution in [0.5, 0.6) is 0 Å². The Kier molecular flexibility index (Phi) is 6.26. The molecule has 3 unspecified atom stereocenters. The van der Waals surface area contributed by atoms with Crippen LogP contribution in [0.1, 0.15) is 62.5 Å². The van der Waals surface area contributed by atoms with Crippen molar-refractivity contribution < 1.29 is 24.2 Å². The van der Waals surface area contributed by atoms with E-state index >= 15 is 0 Å². The molecule has 184 valence electrons. The van der Waals surface area contributed by atoms with Crippen molar-refractivity contribution in [3.63, 3.8) is 0 Å². The lowest BCUT2D eigenvalue weighted by Crippen LogP contribution is -2.58. The molecule has 7 nitrogen and oxygen atoms in total. The Hall–Kier alpha value is -3.35. The lowest BCUT2D eigenvalue weighted by molar-refractivity contribution is -0.154. The first-order chi connectivity index (χ1) is 16.9. The number of carboxylic acid groups (broad SMARTS) is 1. The Bertz CT molecular complexity index is 1100. The average Bonchev–Trinajstić information content (AvgIpc) is 3.47. The SMILES string of the molecule is CC1(C(=O)N2CCCC2C(=O)O)CCCCC1NC(=O)OCC1c2ccccc2-c2ccccc21. The van der Waals surface area contributed by atoms with Crippen molar-refractivity contribution in [2.24, 2.45) is 5.41 Å². The van der Waals surface area contributed by atoms with Gasteiger partial charge in [0, 0.05) is 18.5 Å². The zero-order chi connectivity index (χ0) is 24.6. The second kappa shape index (κ2) is 9.36. The summed E-state index contributed by atoms with van der Waals surface area (Å²) in [6, 6.07) is 15.2. The molecule has 0 radical (unpaired) electrons. The summed E-state index contributed by atoms with van der Waals surface area (Å²) in [5.41, 5.74) is 3.78. The molecule has 5 rings (SSSR count). The van der Waals surface area contributed by atoms with Gasteiger partial charge in [-0.3, -0.25) is 4.79 Å².